The van der Waals surface area contributed by atoms with E-state index >= 15 is 0 Å². The lowest BCUT2D eigenvalue weighted by Gasteiger charge is -2.35. The van der Waals surface area contributed by atoms with Gasteiger partial charge >= 0.3 is 0 Å². The van der Waals surface area contributed by atoms with Crippen LogP contribution in [0.15, 0.2) is 24.3 Å². The van der Waals surface area contributed by atoms with Crippen LogP contribution in [0, 0.1) is 5.41 Å². The fourth-order valence-electron chi connectivity index (χ4n) is 2.73. The molecule has 0 saturated carbocycles. The third-order valence-corrected chi connectivity index (χ3v) is 5.40. The zero-order chi connectivity index (χ0) is 14.4. The lowest BCUT2D eigenvalue weighted by molar-refractivity contribution is 0.133. The first-order valence-corrected chi connectivity index (χ1v) is 8.72. The van der Waals surface area contributed by atoms with Gasteiger partial charge in [0.1, 0.15) is 0 Å². The second kappa shape index (κ2) is 7.48. The van der Waals surface area contributed by atoms with Crippen molar-refractivity contribution in [3.05, 3.63) is 35.4 Å². The summed E-state index contributed by atoms with van der Waals surface area (Å²) >= 11 is 2.08. The summed E-state index contributed by atoms with van der Waals surface area (Å²) in [6, 6.07) is 9.22. The average Bonchev–Trinajstić information content (AvgIpc) is 2.43. The molecule has 0 amide bonds. The van der Waals surface area contributed by atoms with Gasteiger partial charge in [-0.15, -0.1) is 0 Å². The van der Waals surface area contributed by atoms with Crippen LogP contribution in [0.4, 0.5) is 0 Å². The predicted molar refractivity (Wildman–Crippen MR) is 88.1 cm³/mol. The van der Waals surface area contributed by atoms with Gasteiger partial charge in [-0.1, -0.05) is 38.1 Å². The molecule has 3 heteroatoms. The highest BCUT2D eigenvalue weighted by Gasteiger charge is 2.28. The molecule has 112 valence electrons. The molecular formula is C17H27NOS. The van der Waals surface area contributed by atoms with Crippen LogP contribution >= 0.6 is 11.8 Å². The molecule has 1 fully saturated rings. The molecule has 0 aromatic heterocycles. The van der Waals surface area contributed by atoms with Gasteiger partial charge < -0.3 is 10.1 Å². The van der Waals surface area contributed by atoms with E-state index in [-0.39, 0.29) is 0 Å². The van der Waals surface area contributed by atoms with Crippen molar-refractivity contribution >= 4 is 11.8 Å². The van der Waals surface area contributed by atoms with E-state index in [1.807, 2.05) is 6.92 Å². The quantitative estimate of drug-likeness (QED) is 0.861. The first-order chi connectivity index (χ1) is 9.61. The smallest absolute Gasteiger partial charge is 0.0719 e. The number of nitrogens with one attached hydrogen (secondary N) is 1. The normalized spacial score (nSPS) is 21.9. The summed E-state index contributed by atoms with van der Waals surface area (Å²) in [7, 11) is 0. The van der Waals surface area contributed by atoms with Crippen LogP contribution in [0.3, 0.4) is 0 Å². The molecule has 1 heterocycles. The van der Waals surface area contributed by atoms with Crippen molar-refractivity contribution in [1.82, 2.24) is 5.32 Å². The predicted octanol–water partition coefficient (Wildman–Crippen LogP) is 3.84. The first kappa shape index (κ1) is 15.9. The average molecular weight is 293 g/mol. The minimum absolute atomic E-state index is 0.464. The zero-order valence-electron chi connectivity index (χ0n) is 12.9. The van der Waals surface area contributed by atoms with Crippen LogP contribution < -0.4 is 5.32 Å². The van der Waals surface area contributed by atoms with E-state index in [1.165, 1.54) is 29.1 Å². The van der Waals surface area contributed by atoms with Crippen molar-refractivity contribution in [1.29, 1.82) is 0 Å². The molecule has 1 unspecified atom stereocenters. The molecule has 1 saturated heterocycles. The van der Waals surface area contributed by atoms with Gasteiger partial charge in [0.2, 0.25) is 0 Å². The van der Waals surface area contributed by atoms with E-state index in [1.54, 1.807) is 0 Å². The molecule has 1 aliphatic rings. The SMILES string of the molecule is CCOCc1ccccc1CNC1CSCC(C)(C)C1. The third-order valence-electron chi connectivity index (χ3n) is 3.77. The van der Waals surface area contributed by atoms with E-state index in [0.29, 0.717) is 11.5 Å². The molecule has 2 rings (SSSR count). The molecule has 1 atom stereocenters. The van der Waals surface area contributed by atoms with Crippen molar-refractivity contribution in [2.45, 2.75) is 46.4 Å². The van der Waals surface area contributed by atoms with E-state index in [0.717, 1.165) is 19.8 Å². The van der Waals surface area contributed by atoms with Gasteiger partial charge in [0, 0.05) is 24.9 Å². The lowest BCUT2D eigenvalue weighted by Crippen LogP contribution is -2.40. The standard InChI is InChI=1S/C17H27NOS/c1-4-19-11-15-8-6-5-7-14(15)10-18-16-9-17(2,3)13-20-12-16/h5-8,16,18H,4,9-13H2,1-3H3. The van der Waals surface area contributed by atoms with Gasteiger partial charge in [-0.2, -0.15) is 11.8 Å². The largest absolute Gasteiger partial charge is 0.377 e. The fraction of sp³-hybridized carbons (Fsp3) is 0.647. The first-order valence-electron chi connectivity index (χ1n) is 7.56. The molecule has 0 aliphatic carbocycles. The van der Waals surface area contributed by atoms with E-state index in [9.17, 15) is 0 Å². The highest BCUT2D eigenvalue weighted by molar-refractivity contribution is 7.99. The molecule has 20 heavy (non-hydrogen) atoms. The molecule has 2 nitrogen and oxygen atoms in total. The van der Waals surface area contributed by atoms with Gasteiger partial charge in [-0.05, 0) is 35.6 Å². The molecule has 0 radical (unpaired) electrons. The van der Waals surface area contributed by atoms with E-state index in [4.69, 9.17) is 4.74 Å². The molecule has 0 spiro atoms. The Balaban J connectivity index is 1.90. The molecule has 1 aliphatic heterocycles. The number of ether oxygens (including phenoxy) is 1. The minimum Gasteiger partial charge on any atom is -0.377 e. The molecular weight excluding hydrogens is 266 g/mol. The molecule has 1 aromatic rings. The minimum atomic E-state index is 0.464. The Morgan fingerprint density at radius 1 is 1.30 bits per heavy atom. The van der Waals surface area contributed by atoms with Crippen LogP contribution in [-0.4, -0.2) is 24.2 Å². The van der Waals surface area contributed by atoms with Crippen molar-refractivity contribution in [2.75, 3.05) is 18.1 Å². The highest BCUT2D eigenvalue weighted by atomic mass is 32.2. The highest BCUT2D eigenvalue weighted by Crippen LogP contribution is 2.33. The maximum absolute atomic E-state index is 5.55. The Morgan fingerprint density at radius 2 is 2.05 bits per heavy atom. The van der Waals surface area contributed by atoms with Crippen LogP contribution in [0.1, 0.15) is 38.3 Å². The topological polar surface area (TPSA) is 21.3 Å². The Kier molecular flexibility index (Phi) is 5.94. The Hall–Kier alpha value is -0.510. The summed E-state index contributed by atoms with van der Waals surface area (Å²) in [5, 5.41) is 3.73. The second-order valence-corrected chi connectivity index (χ2v) is 7.40. The van der Waals surface area contributed by atoms with Crippen LogP contribution in [0.2, 0.25) is 0 Å². The Morgan fingerprint density at radius 3 is 2.75 bits per heavy atom. The number of hydrogen-bond donors (Lipinski definition) is 1. The van der Waals surface area contributed by atoms with Crippen molar-refractivity contribution in [2.24, 2.45) is 5.41 Å². The Bertz CT molecular complexity index is 419. The van der Waals surface area contributed by atoms with Crippen molar-refractivity contribution < 1.29 is 4.74 Å². The summed E-state index contributed by atoms with van der Waals surface area (Å²) in [6.07, 6.45) is 1.27. The summed E-state index contributed by atoms with van der Waals surface area (Å²) in [4.78, 5) is 0. The summed E-state index contributed by atoms with van der Waals surface area (Å²) in [6.45, 7) is 9.23. The van der Waals surface area contributed by atoms with Crippen molar-refractivity contribution in [3.8, 4) is 0 Å². The van der Waals surface area contributed by atoms with Crippen LogP contribution in [-0.2, 0) is 17.9 Å². The van der Waals surface area contributed by atoms with Gasteiger partial charge in [-0.3, -0.25) is 0 Å². The zero-order valence-corrected chi connectivity index (χ0v) is 13.8. The maximum Gasteiger partial charge on any atom is 0.0719 e. The van der Waals surface area contributed by atoms with Gasteiger partial charge in [0.25, 0.3) is 0 Å². The number of hydrogen-bond acceptors (Lipinski definition) is 3. The van der Waals surface area contributed by atoms with E-state index < -0.39 is 0 Å². The van der Waals surface area contributed by atoms with Crippen LogP contribution in [0.25, 0.3) is 0 Å². The maximum atomic E-state index is 5.55. The van der Waals surface area contributed by atoms with Crippen LogP contribution in [0.5, 0.6) is 0 Å². The monoisotopic (exact) mass is 293 g/mol. The molecule has 0 bridgehead atoms. The lowest BCUT2D eigenvalue weighted by atomic mass is 9.88. The summed E-state index contributed by atoms with van der Waals surface area (Å²) in [5.41, 5.74) is 3.14. The summed E-state index contributed by atoms with van der Waals surface area (Å²) in [5.74, 6) is 2.52. The van der Waals surface area contributed by atoms with Gasteiger partial charge in [0.15, 0.2) is 0 Å². The second-order valence-electron chi connectivity index (χ2n) is 6.37. The summed E-state index contributed by atoms with van der Waals surface area (Å²) < 4.78 is 5.55. The number of thioether (sulfide) groups is 1. The van der Waals surface area contributed by atoms with E-state index in [2.05, 4.69) is 55.2 Å². The fourth-order valence-corrected chi connectivity index (χ4v) is 4.04. The molecule has 1 aromatic carbocycles. The third kappa shape index (κ3) is 4.80. The van der Waals surface area contributed by atoms with Gasteiger partial charge in [-0.25, -0.2) is 0 Å². The number of benzene rings is 1. The Labute approximate surface area is 127 Å². The van der Waals surface area contributed by atoms with Crippen molar-refractivity contribution in [3.63, 3.8) is 0 Å². The molecule has 1 N–H and O–H groups in total. The number of rotatable bonds is 6. The van der Waals surface area contributed by atoms with Gasteiger partial charge in [0.05, 0.1) is 6.61 Å².